The van der Waals surface area contributed by atoms with Crippen molar-refractivity contribution >= 4 is 17.7 Å². The topological polar surface area (TPSA) is 70.9 Å². The van der Waals surface area contributed by atoms with Crippen LogP contribution in [0.15, 0.2) is 41.6 Å². The van der Waals surface area contributed by atoms with Crippen molar-refractivity contribution in [3.8, 4) is 0 Å². The fraction of sp³-hybridized carbons (Fsp3) is 0.286. The average Bonchev–Trinajstić information content (AvgIpc) is 2.45. The number of nitrogens with zero attached hydrogens (tertiary/aromatic N) is 1. The number of aliphatic hydroxyl groups is 1. The van der Waals surface area contributed by atoms with Gasteiger partial charge in [-0.05, 0) is 18.6 Å². The van der Waals surface area contributed by atoms with Gasteiger partial charge in [-0.25, -0.2) is 0 Å². The fourth-order valence-corrected chi connectivity index (χ4v) is 1.26. The maximum Gasteiger partial charge on any atom is 0.268 e. The smallest absolute Gasteiger partial charge is 0.268 e. The number of aliphatic hydroxyl groups excluding tert-OH is 1. The molecule has 1 aromatic rings. The van der Waals surface area contributed by atoms with Crippen molar-refractivity contribution < 1.29 is 14.7 Å². The zero-order valence-electron chi connectivity index (χ0n) is 10.9. The van der Waals surface area contributed by atoms with E-state index in [1.165, 1.54) is 0 Å². The third kappa shape index (κ3) is 6.38. The molecule has 5 heteroatoms. The minimum absolute atomic E-state index is 0.0975. The minimum atomic E-state index is -0.346. The quantitative estimate of drug-likeness (QED) is 0.440. The zero-order valence-corrected chi connectivity index (χ0v) is 10.9. The van der Waals surface area contributed by atoms with E-state index in [0.717, 1.165) is 5.56 Å². The second kappa shape index (κ2) is 8.88. The van der Waals surface area contributed by atoms with E-state index in [4.69, 9.17) is 9.94 Å². The Morgan fingerprint density at radius 2 is 2.16 bits per heavy atom. The summed E-state index contributed by atoms with van der Waals surface area (Å²) >= 11 is 0. The summed E-state index contributed by atoms with van der Waals surface area (Å²) in [5.41, 5.74) is 1.30. The van der Waals surface area contributed by atoms with Crippen molar-refractivity contribution in [3.05, 3.63) is 42.0 Å². The molecule has 0 spiro atoms. The molecule has 0 saturated carbocycles. The number of benzene rings is 1. The lowest BCUT2D eigenvalue weighted by Crippen LogP contribution is -2.31. The SMILES string of the molecule is CC(=NOC/C=C/c1ccccc1)C(=O)NCCO. The summed E-state index contributed by atoms with van der Waals surface area (Å²) in [6, 6.07) is 9.82. The van der Waals surface area contributed by atoms with Crippen molar-refractivity contribution in [1.82, 2.24) is 5.32 Å². The van der Waals surface area contributed by atoms with E-state index in [2.05, 4.69) is 10.5 Å². The van der Waals surface area contributed by atoms with Gasteiger partial charge >= 0.3 is 0 Å². The van der Waals surface area contributed by atoms with Crippen LogP contribution in [0.25, 0.3) is 6.08 Å². The molecule has 2 N–H and O–H groups in total. The van der Waals surface area contributed by atoms with Gasteiger partial charge < -0.3 is 15.3 Å². The van der Waals surface area contributed by atoms with Crippen LogP contribution in [-0.4, -0.2) is 36.5 Å². The molecule has 0 aliphatic heterocycles. The molecule has 0 unspecified atom stereocenters. The Morgan fingerprint density at radius 1 is 1.42 bits per heavy atom. The van der Waals surface area contributed by atoms with E-state index >= 15 is 0 Å². The highest BCUT2D eigenvalue weighted by atomic mass is 16.6. The maximum absolute atomic E-state index is 11.3. The van der Waals surface area contributed by atoms with Crippen LogP contribution in [0.5, 0.6) is 0 Å². The summed E-state index contributed by atoms with van der Waals surface area (Å²) in [4.78, 5) is 16.3. The van der Waals surface area contributed by atoms with E-state index < -0.39 is 0 Å². The third-order valence-electron chi connectivity index (χ3n) is 2.21. The molecule has 0 aromatic heterocycles. The highest BCUT2D eigenvalue weighted by Gasteiger charge is 2.04. The zero-order chi connectivity index (χ0) is 13.9. The lowest BCUT2D eigenvalue weighted by atomic mass is 10.2. The number of hydrogen-bond donors (Lipinski definition) is 2. The van der Waals surface area contributed by atoms with E-state index in [1.807, 2.05) is 42.5 Å². The molecule has 0 fully saturated rings. The summed E-state index contributed by atoms with van der Waals surface area (Å²) in [6.45, 7) is 1.95. The largest absolute Gasteiger partial charge is 0.395 e. The third-order valence-corrected chi connectivity index (χ3v) is 2.21. The van der Waals surface area contributed by atoms with Crippen molar-refractivity contribution in [2.24, 2.45) is 5.16 Å². The number of hydrogen-bond acceptors (Lipinski definition) is 4. The molecule has 0 radical (unpaired) electrons. The Labute approximate surface area is 112 Å². The number of rotatable bonds is 7. The first-order valence-corrected chi connectivity index (χ1v) is 6.01. The van der Waals surface area contributed by atoms with Crippen LogP contribution in [0.4, 0.5) is 0 Å². The van der Waals surface area contributed by atoms with E-state index in [1.54, 1.807) is 6.92 Å². The molecule has 0 aliphatic rings. The summed E-state index contributed by atoms with van der Waals surface area (Å²) in [7, 11) is 0. The molecule has 1 rings (SSSR count). The van der Waals surface area contributed by atoms with Gasteiger partial charge in [0.25, 0.3) is 5.91 Å². The van der Waals surface area contributed by atoms with E-state index in [9.17, 15) is 4.79 Å². The highest BCUT2D eigenvalue weighted by molar-refractivity contribution is 6.37. The molecule has 102 valence electrons. The molecular weight excluding hydrogens is 244 g/mol. The normalized spacial score (nSPS) is 11.6. The van der Waals surface area contributed by atoms with Gasteiger partial charge in [0.05, 0.1) is 6.61 Å². The van der Waals surface area contributed by atoms with Crippen LogP contribution >= 0.6 is 0 Å². The van der Waals surface area contributed by atoms with Crippen molar-refractivity contribution in [2.75, 3.05) is 19.8 Å². The van der Waals surface area contributed by atoms with Gasteiger partial charge in [0.1, 0.15) is 12.3 Å². The van der Waals surface area contributed by atoms with E-state index in [0.29, 0.717) is 6.61 Å². The van der Waals surface area contributed by atoms with Gasteiger partial charge in [-0.2, -0.15) is 0 Å². The summed E-state index contributed by atoms with van der Waals surface area (Å²) < 4.78 is 0. The van der Waals surface area contributed by atoms with Crippen LogP contribution in [0.1, 0.15) is 12.5 Å². The number of carbonyl (C=O) groups excluding carboxylic acids is 1. The Balaban J connectivity index is 2.29. The number of carbonyl (C=O) groups is 1. The summed E-state index contributed by atoms with van der Waals surface area (Å²) in [6.07, 6.45) is 3.73. The van der Waals surface area contributed by atoms with Gasteiger partial charge in [0.2, 0.25) is 0 Å². The van der Waals surface area contributed by atoms with Crippen LogP contribution in [0.2, 0.25) is 0 Å². The van der Waals surface area contributed by atoms with Gasteiger partial charge in [-0.15, -0.1) is 0 Å². The van der Waals surface area contributed by atoms with Gasteiger partial charge in [-0.3, -0.25) is 4.79 Å². The number of amides is 1. The first-order chi connectivity index (χ1) is 9.24. The second-order valence-electron chi connectivity index (χ2n) is 3.77. The van der Waals surface area contributed by atoms with Crippen molar-refractivity contribution in [3.63, 3.8) is 0 Å². The van der Waals surface area contributed by atoms with Gasteiger partial charge in [0.15, 0.2) is 0 Å². The van der Waals surface area contributed by atoms with Gasteiger partial charge in [-0.1, -0.05) is 41.6 Å². The monoisotopic (exact) mass is 262 g/mol. The lowest BCUT2D eigenvalue weighted by Gasteiger charge is -2.01. The van der Waals surface area contributed by atoms with Crippen LogP contribution in [-0.2, 0) is 9.63 Å². The molecule has 0 aliphatic carbocycles. The predicted octanol–water partition coefficient (Wildman–Crippen LogP) is 1.20. The number of oxime groups is 1. The van der Waals surface area contributed by atoms with Crippen LogP contribution < -0.4 is 5.32 Å². The first kappa shape index (κ1) is 14.9. The number of nitrogens with one attached hydrogen (secondary N) is 1. The second-order valence-corrected chi connectivity index (χ2v) is 3.77. The van der Waals surface area contributed by atoms with Crippen LogP contribution in [0.3, 0.4) is 0 Å². The average molecular weight is 262 g/mol. The Bertz CT molecular complexity index is 441. The molecule has 19 heavy (non-hydrogen) atoms. The molecule has 0 saturated heterocycles. The predicted molar refractivity (Wildman–Crippen MR) is 74.6 cm³/mol. The fourth-order valence-electron chi connectivity index (χ4n) is 1.26. The molecular formula is C14H18N2O3. The Kier molecular flexibility index (Phi) is 6.97. The van der Waals surface area contributed by atoms with Gasteiger partial charge in [0, 0.05) is 6.54 Å². The molecule has 0 bridgehead atoms. The van der Waals surface area contributed by atoms with Crippen LogP contribution in [0, 0.1) is 0 Å². The maximum atomic E-state index is 11.3. The van der Waals surface area contributed by atoms with E-state index in [-0.39, 0.29) is 24.8 Å². The molecule has 0 heterocycles. The summed E-state index contributed by atoms with van der Waals surface area (Å²) in [5.74, 6) is -0.346. The lowest BCUT2D eigenvalue weighted by molar-refractivity contribution is -0.115. The van der Waals surface area contributed by atoms with Crippen molar-refractivity contribution in [1.29, 1.82) is 0 Å². The standard InChI is InChI=1S/C14H18N2O3/c1-12(14(18)15-9-10-17)16-19-11-5-8-13-6-3-2-4-7-13/h2-8,17H,9-11H2,1H3,(H,15,18)/b8-5+,16-12?. The molecule has 5 nitrogen and oxygen atoms in total. The highest BCUT2D eigenvalue weighted by Crippen LogP contribution is 2.00. The molecule has 0 atom stereocenters. The minimum Gasteiger partial charge on any atom is -0.395 e. The first-order valence-electron chi connectivity index (χ1n) is 6.01. The molecule has 1 amide bonds. The Morgan fingerprint density at radius 3 is 2.84 bits per heavy atom. The van der Waals surface area contributed by atoms with Crippen molar-refractivity contribution in [2.45, 2.75) is 6.92 Å². The Hall–Kier alpha value is -2.14. The summed E-state index contributed by atoms with van der Waals surface area (Å²) in [5, 5.41) is 14.7. The molecule has 1 aromatic carbocycles.